The molecule has 9 aromatic carbocycles. The number of nitrogens with zero attached hydrogens (tertiary/aromatic N) is 1. The zero-order chi connectivity index (χ0) is 38.6. The predicted octanol–water partition coefficient (Wildman–Crippen LogP) is 15.4. The van der Waals surface area contributed by atoms with Crippen molar-refractivity contribution in [1.29, 1.82) is 0 Å². The maximum absolute atomic E-state index is 6.25. The summed E-state index contributed by atoms with van der Waals surface area (Å²) in [6.45, 7) is 2.39. The van der Waals surface area contributed by atoms with Crippen molar-refractivity contribution in [3.63, 3.8) is 0 Å². The van der Waals surface area contributed by atoms with Gasteiger partial charge < -0.3 is 9.32 Å². The fourth-order valence-electron chi connectivity index (χ4n) is 9.14. The minimum atomic E-state index is -0.344. The van der Waals surface area contributed by atoms with E-state index in [0.717, 1.165) is 39.0 Å². The van der Waals surface area contributed by atoms with Gasteiger partial charge in [-0.1, -0.05) is 158 Å². The summed E-state index contributed by atoms with van der Waals surface area (Å²) in [6.07, 6.45) is 0. The normalized spacial score (nSPS) is 14.4. The number of benzene rings is 9. The summed E-state index contributed by atoms with van der Waals surface area (Å²) in [5.74, 6) is 0. The highest BCUT2D eigenvalue weighted by Gasteiger charge is 2.41. The van der Waals surface area contributed by atoms with Gasteiger partial charge in [-0.3, -0.25) is 0 Å². The highest BCUT2D eigenvalue weighted by molar-refractivity contribution is 6.05. The quantitative estimate of drug-likeness (QED) is 0.162. The van der Waals surface area contributed by atoms with Crippen LogP contribution < -0.4 is 4.90 Å². The zero-order valence-corrected chi connectivity index (χ0v) is 32.1. The molecule has 0 spiro atoms. The largest absolute Gasteiger partial charge is 0.456 e. The highest BCUT2D eigenvalue weighted by Crippen LogP contribution is 2.54. The Hall–Kier alpha value is -7.42. The average molecular weight is 742 g/mol. The smallest absolute Gasteiger partial charge is 0.135 e. The van der Waals surface area contributed by atoms with Crippen LogP contribution in [0.5, 0.6) is 0 Å². The molecule has 0 fully saturated rings. The van der Waals surface area contributed by atoms with Crippen molar-refractivity contribution in [2.75, 3.05) is 4.90 Å². The first-order valence-electron chi connectivity index (χ1n) is 20.0. The number of furan rings is 1. The zero-order valence-electron chi connectivity index (χ0n) is 32.1. The molecule has 1 aliphatic rings. The molecule has 1 unspecified atom stereocenters. The van der Waals surface area contributed by atoms with Crippen LogP contribution in [-0.4, -0.2) is 0 Å². The summed E-state index contributed by atoms with van der Waals surface area (Å²) in [5, 5.41) is 2.30. The van der Waals surface area contributed by atoms with Gasteiger partial charge in [0.2, 0.25) is 0 Å². The van der Waals surface area contributed by atoms with Crippen molar-refractivity contribution >= 4 is 39.0 Å². The van der Waals surface area contributed by atoms with Gasteiger partial charge in [0.15, 0.2) is 0 Å². The number of hydrogen-bond donors (Lipinski definition) is 0. The second-order valence-corrected chi connectivity index (χ2v) is 15.4. The first-order chi connectivity index (χ1) is 28.6. The van der Waals surface area contributed by atoms with Gasteiger partial charge in [-0.05, 0) is 129 Å². The van der Waals surface area contributed by atoms with E-state index in [0.29, 0.717) is 0 Å². The molecule has 2 nitrogen and oxygen atoms in total. The summed E-state index contributed by atoms with van der Waals surface area (Å²) in [4.78, 5) is 2.35. The Kier molecular flexibility index (Phi) is 7.97. The van der Waals surface area contributed by atoms with Crippen LogP contribution in [0.3, 0.4) is 0 Å². The minimum absolute atomic E-state index is 0.344. The molecule has 1 atom stereocenters. The summed E-state index contributed by atoms with van der Waals surface area (Å²) in [5.41, 5.74) is 18.5. The third-order valence-electron chi connectivity index (χ3n) is 12.2. The molecule has 1 aromatic heterocycles. The molecule has 1 heterocycles. The van der Waals surface area contributed by atoms with Crippen molar-refractivity contribution in [3.8, 4) is 44.5 Å². The fraction of sp³-hybridized carbons (Fsp3) is 0.0357. The van der Waals surface area contributed by atoms with Gasteiger partial charge in [-0.15, -0.1) is 0 Å². The lowest BCUT2D eigenvalue weighted by Crippen LogP contribution is -2.22. The van der Waals surface area contributed by atoms with E-state index in [9.17, 15) is 0 Å². The van der Waals surface area contributed by atoms with E-state index in [2.05, 4.69) is 224 Å². The first kappa shape index (κ1) is 33.9. The highest BCUT2D eigenvalue weighted by atomic mass is 16.3. The van der Waals surface area contributed by atoms with Gasteiger partial charge in [0.25, 0.3) is 0 Å². The summed E-state index contributed by atoms with van der Waals surface area (Å²) in [6, 6.07) is 79.0. The van der Waals surface area contributed by atoms with E-state index in [1.165, 1.54) is 61.2 Å². The molecular weight excluding hydrogens is 703 g/mol. The van der Waals surface area contributed by atoms with Gasteiger partial charge >= 0.3 is 0 Å². The topological polar surface area (TPSA) is 16.4 Å². The molecule has 11 rings (SSSR count). The van der Waals surface area contributed by atoms with Crippen LogP contribution in [0.25, 0.3) is 66.4 Å². The van der Waals surface area contributed by atoms with E-state index in [-0.39, 0.29) is 5.41 Å². The lowest BCUT2D eigenvalue weighted by molar-refractivity contribution is 0.667. The van der Waals surface area contributed by atoms with Crippen molar-refractivity contribution in [3.05, 3.63) is 235 Å². The Bertz CT molecular complexity index is 3010. The van der Waals surface area contributed by atoms with Crippen LogP contribution >= 0.6 is 0 Å². The lowest BCUT2D eigenvalue weighted by Gasteiger charge is -2.29. The molecule has 58 heavy (non-hydrogen) atoms. The van der Waals surface area contributed by atoms with E-state index in [1.807, 2.05) is 6.07 Å². The lowest BCUT2D eigenvalue weighted by atomic mass is 9.73. The molecule has 0 saturated heterocycles. The second-order valence-electron chi connectivity index (χ2n) is 15.4. The molecule has 10 aromatic rings. The van der Waals surface area contributed by atoms with Gasteiger partial charge in [-0.25, -0.2) is 0 Å². The van der Waals surface area contributed by atoms with Gasteiger partial charge in [0.1, 0.15) is 11.2 Å². The molecule has 0 bridgehead atoms. The minimum Gasteiger partial charge on any atom is -0.456 e. The molecule has 0 aliphatic heterocycles. The number of para-hydroxylation sites is 1. The molecule has 0 amide bonds. The number of fused-ring (bicyclic) bond motifs is 6. The van der Waals surface area contributed by atoms with Gasteiger partial charge in [-0.2, -0.15) is 0 Å². The van der Waals surface area contributed by atoms with E-state index in [4.69, 9.17) is 4.42 Å². The maximum Gasteiger partial charge on any atom is 0.135 e. The Balaban J connectivity index is 0.982. The van der Waals surface area contributed by atoms with Crippen molar-refractivity contribution in [1.82, 2.24) is 0 Å². The summed E-state index contributed by atoms with van der Waals surface area (Å²) >= 11 is 0. The molecule has 0 saturated carbocycles. The Labute approximate surface area is 338 Å². The summed E-state index contributed by atoms with van der Waals surface area (Å²) < 4.78 is 6.25. The first-order valence-corrected chi connectivity index (χ1v) is 20.0. The molecule has 2 heteroatoms. The fourth-order valence-corrected chi connectivity index (χ4v) is 9.14. The molecule has 274 valence electrons. The third kappa shape index (κ3) is 5.56. The van der Waals surface area contributed by atoms with Crippen LogP contribution in [0.2, 0.25) is 0 Å². The Morgan fingerprint density at radius 1 is 0.345 bits per heavy atom. The van der Waals surface area contributed by atoms with E-state index < -0.39 is 0 Å². The molecular formula is C56H39NO. The molecule has 0 radical (unpaired) electrons. The van der Waals surface area contributed by atoms with Crippen LogP contribution in [0.1, 0.15) is 23.6 Å². The van der Waals surface area contributed by atoms with Crippen LogP contribution in [0, 0.1) is 0 Å². The van der Waals surface area contributed by atoms with Crippen LogP contribution in [0.4, 0.5) is 17.1 Å². The molecule has 0 N–H and O–H groups in total. The second kappa shape index (κ2) is 13.7. The molecule has 1 aliphatic carbocycles. The third-order valence-corrected chi connectivity index (χ3v) is 12.2. The number of anilines is 3. The van der Waals surface area contributed by atoms with Crippen molar-refractivity contribution < 1.29 is 4.42 Å². The SMILES string of the molecule is CC1(c2ccc3oc4ccccc4c3c2)c2ccccc2-c2ccc(-c3ccc(N(c4ccc(-c5ccccc5)cc4)c4ccc(-c5ccccc5)cc4)cc3)cc21. The monoisotopic (exact) mass is 741 g/mol. The average Bonchev–Trinajstić information content (AvgIpc) is 3.80. The predicted molar refractivity (Wildman–Crippen MR) is 242 cm³/mol. The Morgan fingerprint density at radius 2 is 0.810 bits per heavy atom. The van der Waals surface area contributed by atoms with Crippen molar-refractivity contribution in [2.45, 2.75) is 12.3 Å². The maximum atomic E-state index is 6.25. The van der Waals surface area contributed by atoms with Crippen LogP contribution in [0.15, 0.2) is 223 Å². The van der Waals surface area contributed by atoms with E-state index >= 15 is 0 Å². The van der Waals surface area contributed by atoms with E-state index in [1.54, 1.807) is 0 Å². The van der Waals surface area contributed by atoms with Gasteiger partial charge in [0.05, 0.1) is 0 Å². The standard InChI is InChI=1S/C56H39NO/c1-56(44-27-35-55-51(37-44)50-17-9-11-19-54(50)58-55)52-18-10-8-16-48(52)49-34-26-43(36-53(49)56)42-24-32-47(33-25-42)57(45-28-20-40(21-29-45)38-12-4-2-5-13-38)46-30-22-41(23-31-46)39-14-6-3-7-15-39/h2-37H,1H3. The number of rotatable bonds is 7. The summed E-state index contributed by atoms with van der Waals surface area (Å²) in [7, 11) is 0. The number of hydrogen-bond acceptors (Lipinski definition) is 2. The Morgan fingerprint density at radius 3 is 1.43 bits per heavy atom. The van der Waals surface area contributed by atoms with Crippen molar-refractivity contribution in [2.24, 2.45) is 0 Å². The van der Waals surface area contributed by atoms with Gasteiger partial charge in [0, 0.05) is 33.2 Å². The van der Waals surface area contributed by atoms with Crippen LogP contribution in [-0.2, 0) is 5.41 Å².